The van der Waals surface area contributed by atoms with E-state index < -0.39 is 11.3 Å². The summed E-state index contributed by atoms with van der Waals surface area (Å²) in [7, 11) is 0. The molecule has 2 N–H and O–H groups in total. The summed E-state index contributed by atoms with van der Waals surface area (Å²) < 4.78 is 0. The van der Waals surface area contributed by atoms with Crippen molar-refractivity contribution in [2.24, 2.45) is 11.1 Å². The molecule has 4 heteroatoms. The van der Waals surface area contributed by atoms with Crippen molar-refractivity contribution in [1.82, 2.24) is 0 Å². The molecule has 0 amide bonds. The zero-order valence-electron chi connectivity index (χ0n) is 13.3. The number of benzene rings is 2. The maximum Gasteiger partial charge on any atom is 0.194 e. The fourth-order valence-electron chi connectivity index (χ4n) is 3.15. The van der Waals surface area contributed by atoms with E-state index in [1.807, 2.05) is 66.7 Å². The Bertz CT molecular complexity index is 966. The molecule has 2 aromatic carbocycles. The summed E-state index contributed by atoms with van der Waals surface area (Å²) in [5.41, 5.74) is 7.08. The second-order valence-electron chi connectivity index (χ2n) is 5.77. The zero-order valence-corrected chi connectivity index (χ0v) is 13.3. The van der Waals surface area contributed by atoms with Crippen LogP contribution < -0.4 is 5.73 Å². The normalized spacial score (nSPS) is 18.4. The van der Waals surface area contributed by atoms with Crippen molar-refractivity contribution in [1.29, 1.82) is 15.8 Å². The fourth-order valence-corrected chi connectivity index (χ4v) is 3.15. The molecule has 0 saturated carbocycles. The second-order valence-corrected chi connectivity index (χ2v) is 5.77. The maximum atomic E-state index is 9.79. The third-order valence-corrected chi connectivity index (χ3v) is 4.47. The average Bonchev–Trinajstić information content (AvgIpc) is 2.69. The monoisotopic (exact) mass is 322 g/mol. The van der Waals surface area contributed by atoms with Crippen LogP contribution in [0.4, 0.5) is 0 Å². The van der Waals surface area contributed by atoms with E-state index in [1.54, 1.807) is 0 Å². The Balaban J connectivity index is 2.31. The van der Waals surface area contributed by atoms with E-state index >= 15 is 0 Å². The molecule has 0 saturated heterocycles. The summed E-state index contributed by atoms with van der Waals surface area (Å²) in [6.07, 6.45) is 1.81. The van der Waals surface area contributed by atoms with Crippen molar-refractivity contribution >= 4 is 5.57 Å². The van der Waals surface area contributed by atoms with Crippen molar-refractivity contribution in [2.45, 2.75) is 5.92 Å². The molecular weight excluding hydrogens is 308 g/mol. The summed E-state index contributed by atoms with van der Waals surface area (Å²) in [6, 6.07) is 24.9. The highest BCUT2D eigenvalue weighted by molar-refractivity contribution is 5.87. The van der Waals surface area contributed by atoms with Gasteiger partial charge in [0.15, 0.2) is 5.41 Å². The average molecular weight is 322 g/mol. The Morgan fingerprint density at radius 3 is 1.92 bits per heavy atom. The van der Waals surface area contributed by atoms with Gasteiger partial charge >= 0.3 is 0 Å². The minimum atomic E-state index is -1.61. The summed E-state index contributed by atoms with van der Waals surface area (Å²) in [6.45, 7) is 0. The van der Waals surface area contributed by atoms with E-state index in [-0.39, 0.29) is 11.3 Å². The molecule has 0 bridgehead atoms. The third kappa shape index (κ3) is 2.45. The molecule has 2 aromatic rings. The van der Waals surface area contributed by atoms with E-state index in [0.29, 0.717) is 5.57 Å². The smallest absolute Gasteiger partial charge is 0.194 e. The van der Waals surface area contributed by atoms with Gasteiger partial charge in [0.05, 0.1) is 23.4 Å². The summed E-state index contributed by atoms with van der Waals surface area (Å²) in [5.74, 6) is -0.559. The summed E-state index contributed by atoms with van der Waals surface area (Å²) >= 11 is 0. The first-order valence-corrected chi connectivity index (χ1v) is 7.73. The molecule has 0 spiro atoms. The Morgan fingerprint density at radius 1 is 0.840 bits per heavy atom. The molecule has 3 rings (SSSR count). The van der Waals surface area contributed by atoms with Crippen LogP contribution in [-0.4, -0.2) is 0 Å². The molecule has 0 fully saturated rings. The van der Waals surface area contributed by atoms with Gasteiger partial charge < -0.3 is 5.73 Å². The Labute approximate surface area is 146 Å². The molecule has 1 aliphatic carbocycles. The Hall–Kier alpha value is -3.81. The molecule has 25 heavy (non-hydrogen) atoms. The van der Waals surface area contributed by atoms with Crippen molar-refractivity contribution in [3.05, 3.63) is 89.1 Å². The van der Waals surface area contributed by atoms with Gasteiger partial charge in [-0.25, -0.2) is 0 Å². The summed E-state index contributed by atoms with van der Waals surface area (Å²) in [5, 5.41) is 29.2. The van der Waals surface area contributed by atoms with Crippen molar-refractivity contribution < 1.29 is 0 Å². The van der Waals surface area contributed by atoms with Crippen LogP contribution >= 0.6 is 0 Å². The molecule has 118 valence electrons. The van der Waals surface area contributed by atoms with Gasteiger partial charge in [-0.3, -0.25) is 0 Å². The molecule has 0 heterocycles. The Kier molecular flexibility index (Phi) is 4.09. The number of nitriles is 3. The highest BCUT2D eigenvalue weighted by Crippen LogP contribution is 2.48. The lowest BCUT2D eigenvalue weighted by Crippen LogP contribution is -2.35. The van der Waals surface area contributed by atoms with Gasteiger partial charge in [0, 0.05) is 5.92 Å². The van der Waals surface area contributed by atoms with Gasteiger partial charge in [-0.1, -0.05) is 66.7 Å². The van der Waals surface area contributed by atoms with Crippen molar-refractivity contribution in [3.8, 4) is 18.2 Å². The Morgan fingerprint density at radius 2 is 1.40 bits per heavy atom. The van der Waals surface area contributed by atoms with E-state index in [0.717, 1.165) is 11.1 Å². The second kappa shape index (κ2) is 6.36. The van der Waals surface area contributed by atoms with Crippen molar-refractivity contribution in [2.75, 3.05) is 0 Å². The topological polar surface area (TPSA) is 97.4 Å². The minimum absolute atomic E-state index is 0.00945. The zero-order chi connectivity index (χ0) is 17.9. The number of rotatable bonds is 2. The predicted molar refractivity (Wildman–Crippen MR) is 94.1 cm³/mol. The lowest BCUT2D eigenvalue weighted by Gasteiger charge is -2.33. The highest BCUT2D eigenvalue weighted by atomic mass is 14.7. The number of hydrogen-bond donors (Lipinski definition) is 1. The van der Waals surface area contributed by atoms with Crippen LogP contribution in [0.5, 0.6) is 0 Å². The van der Waals surface area contributed by atoms with Gasteiger partial charge in [-0.15, -0.1) is 0 Å². The van der Waals surface area contributed by atoms with E-state index in [2.05, 4.69) is 18.2 Å². The van der Waals surface area contributed by atoms with Gasteiger partial charge in [-0.2, -0.15) is 15.8 Å². The first kappa shape index (κ1) is 16.1. The lowest BCUT2D eigenvalue weighted by atomic mass is 9.66. The standard InChI is InChI=1S/C21H14N4/c22-12-18-17(15-7-3-1-4-8-15)11-19(16-9-5-2-6-10-16)21(13-23,14-24)20(18)25/h1-11,19H,25H2. The van der Waals surface area contributed by atoms with Crippen LogP contribution in [0.3, 0.4) is 0 Å². The van der Waals surface area contributed by atoms with E-state index in [9.17, 15) is 15.8 Å². The summed E-state index contributed by atoms with van der Waals surface area (Å²) in [4.78, 5) is 0. The molecular formula is C21H14N4. The lowest BCUT2D eigenvalue weighted by molar-refractivity contribution is 0.534. The van der Waals surface area contributed by atoms with Gasteiger partial charge in [0.1, 0.15) is 6.07 Å². The molecule has 1 aliphatic rings. The molecule has 1 atom stereocenters. The first-order chi connectivity index (χ1) is 12.2. The van der Waals surface area contributed by atoms with E-state index in [4.69, 9.17) is 5.73 Å². The van der Waals surface area contributed by atoms with Crippen LogP contribution in [0.15, 0.2) is 78.0 Å². The largest absolute Gasteiger partial charge is 0.399 e. The minimum Gasteiger partial charge on any atom is -0.399 e. The van der Waals surface area contributed by atoms with Gasteiger partial charge in [0.2, 0.25) is 0 Å². The number of nitrogens with zero attached hydrogens (tertiary/aromatic N) is 3. The van der Waals surface area contributed by atoms with Crippen LogP contribution in [0, 0.1) is 39.4 Å². The maximum absolute atomic E-state index is 9.79. The van der Waals surface area contributed by atoms with Gasteiger partial charge in [-0.05, 0) is 16.7 Å². The first-order valence-electron chi connectivity index (χ1n) is 7.73. The van der Waals surface area contributed by atoms with Gasteiger partial charge in [0.25, 0.3) is 0 Å². The number of nitrogens with two attached hydrogens (primary N) is 1. The molecule has 0 aliphatic heterocycles. The molecule has 4 nitrogen and oxygen atoms in total. The van der Waals surface area contributed by atoms with Crippen LogP contribution in [0.2, 0.25) is 0 Å². The van der Waals surface area contributed by atoms with Crippen molar-refractivity contribution in [3.63, 3.8) is 0 Å². The number of allylic oxidation sites excluding steroid dienone is 4. The molecule has 0 aromatic heterocycles. The molecule has 0 radical (unpaired) electrons. The molecule has 1 unspecified atom stereocenters. The third-order valence-electron chi connectivity index (χ3n) is 4.47. The predicted octanol–water partition coefficient (Wildman–Crippen LogP) is 3.64. The highest BCUT2D eigenvalue weighted by Gasteiger charge is 2.47. The van der Waals surface area contributed by atoms with E-state index in [1.165, 1.54) is 0 Å². The van der Waals surface area contributed by atoms with Crippen LogP contribution in [0.25, 0.3) is 5.57 Å². The fraction of sp³-hybridized carbons (Fsp3) is 0.0952. The number of hydrogen-bond acceptors (Lipinski definition) is 4. The van der Waals surface area contributed by atoms with Crippen LogP contribution in [0.1, 0.15) is 17.0 Å². The van der Waals surface area contributed by atoms with Crippen LogP contribution in [-0.2, 0) is 0 Å². The quantitative estimate of drug-likeness (QED) is 0.912. The SMILES string of the molecule is N#CC1=C(N)C(C#N)(C#N)C(c2ccccc2)C=C1c1ccccc1.